The Morgan fingerprint density at radius 1 is 1.04 bits per heavy atom. The number of imidazole rings is 1. The number of nitrogens with zero attached hydrogens (tertiary/aromatic N) is 2. The topological polar surface area (TPSA) is 29.9 Å². The van der Waals surface area contributed by atoms with E-state index in [1.807, 2.05) is 25.4 Å². The summed E-state index contributed by atoms with van der Waals surface area (Å²) in [6, 6.07) is 17.0. The van der Waals surface area contributed by atoms with E-state index in [1.54, 1.807) is 0 Å². The highest BCUT2D eigenvalue weighted by Crippen LogP contribution is 2.24. The van der Waals surface area contributed by atoms with Gasteiger partial charge in [-0.05, 0) is 34.7 Å². The minimum Gasteiger partial charge on any atom is -0.352 e. The summed E-state index contributed by atoms with van der Waals surface area (Å²) in [6.07, 6.45) is 1.91. The van der Waals surface area contributed by atoms with Crippen LogP contribution in [0.5, 0.6) is 0 Å². The van der Waals surface area contributed by atoms with Crippen molar-refractivity contribution in [1.82, 2.24) is 9.55 Å². The van der Waals surface area contributed by atoms with Crippen LogP contribution in [0.15, 0.2) is 59.2 Å². The van der Waals surface area contributed by atoms with Crippen LogP contribution in [0.25, 0.3) is 11.3 Å². The summed E-state index contributed by atoms with van der Waals surface area (Å²) in [7, 11) is 2.04. The molecule has 0 spiro atoms. The molecule has 0 fully saturated rings. The standard InChI is InChI=1S/C20H22BrN3/c1-14(2)16-6-4-15(5-7-16)12-22-20-23-13-19(24(20)3)17-8-10-18(21)11-9-17/h4-11,13-14H,12H2,1-3H3,(H,22,23). The van der Waals surface area contributed by atoms with Crippen molar-refractivity contribution in [3.05, 3.63) is 70.3 Å². The summed E-state index contributed by atoms with van der Waals surface area (Å²) in [4.78, 5) is 4.52. The first-order valence-corrected chi connectivity index (χ1v) is 8.94. The number of hydrogen-bond acceptors (Lipinski definition) is 2. The van der Waals surface area contributed by atoms with Crippen molar-refractivity contribution in [2.75, 3.05) is 5.32 Å². The Morgan fingerprint density at radius 2 is 1.71 bits per heavy atom. The van der Waals surface area contributed by atoms with Gasteiger partial charge in [-0.1, -0.05) is 66.2 Å². The Balaban J connectivity index is 1.71. The summed E-state index contributed by atoms with van der Waals surface area (Å²) >= 11 is 3.47. The zero-order valence-corrected chi connectivity index (χ0v) is 15.8. The molecule has 0 atom stereocenters. The van der Waals surface area contributed by atoms with Crippen molar-refractivity contribution in [3.8, 4) is 11.3 Å². The fourth-order valence-corrected chi connectivity index (χ4v) is 2.93. The molecule has 0 saturated heterocycles. The SMILES string of the molecule is CC(C)c1ccc(CNc2ncc(-c3ccc(Br)cc3)n2C)cc1. The number of aromatic nitrogens is 2. The molecule has 24 heavy (non-hydrogen) atoms. The van der Waals surface area contributed by atoms with E-state index in [1.165, 1.54) is 11.1 Å². The maximum atomic E-state index is 4.52. The highest BCUT2D eigenvalue weighted by Gasteiger charge is 2.08. The Bertz CT molecular complexity index is 802. The third-order valence-electron chi connectivity index (χ3n) is 4.23. The molecule has 0 aliphatic rings. The summed E-state index contributed by atoms with van der Waals surface area (Å²) in [5.41, 5.74) is 4.88. The summed E-state index contributed by atoms with van der Waals surface area (Å²) in [5.74, 6) is 1.44. The monoisotopic (exact) mass is 383 g/mol. The van der Waals surface area contributed by atoms with Crippen LogP contribution in [0.2, 0.25) is 0 Å². The predicted molar refractivity (Wildman–Crippen MR) is 104 cm³/mol. The van der Waals surface area contributed by atoms with Gasteiger partial charge in [-0.2, -0.15) is 0 Å². The van der Waals surface area contributed by atoms with Crippen LogP contribution >= 0.6 is 15.9 Å². The van der Waals surface area contributed by atoms with Crippen molar-refractivity contribution in [1.29, 1.82) is 0 Å². The average molecular weight is 384 g/mol. The minimum atomic E-state index is 0.565. The zero-order chi connectivity index (χ0) is 17.1. The molecule has 124 valence electrons. The second-order valence-corrected chi connectivity index (χ2v) is 7.20. The third kappa shape index (κ3) is 3.70. The van der Waals surface area contributed by atoms with Crippen molar-refractivity contribution >= 4 is 21.9 Å². The van der Waals surface area contributed by atoms with Gasteiger partial charge in [0, 0.05) is 18.1 Å². The average Bonchev–Trinajstić information content (AvgIpc) is 2.95. The van der Waals surface area contributed by atoms with Crippen molar-refractivity contribution in [3.63, 3.8) is 0 Å². The maximum Gasteiger partial charge on any atom is 0.203 e. The number of halogens is 1. The van der Waals surface area contributed by atoms with Crippen LogP contribution < -0.4 is 5.32 Å². The minimum absolute atomic E-state index is 0.565. The lowest BCUT2D eigenvalue weighted by molar-refractivity contribution is 0.864. The molecule has 3 nitrogen and oxygen atoms in total. The number of rotatable bonds is 5. The molecule has 0 unspecified atom stereocenters. The fraction of sp³-hybridized carbons (Fsp3) is 0.250. The van der Waals surface area contributed by atoms with Crippen LogP contribution in [0.1, 0.15) is 30.9 Å². The highest BCUT2D eigenvalue weighted by atomic mass is 79.9. The van der Waals surface area contributed by atoms with Crippen LogP contribution in [0, 0.1) is 0 Å². The first-order valence-electron chi connectivity index (χ1n) is 8.15. The van der Waals surface area contributed by atoms with E-state index in [0.717, 1.165) is 28.2 Å². The lowest BCUT2D eigenvalue weighted by Crippen LogP contribution is -2.05. The first-order chi connectivity index (χ1) is 11.5. The Labute approximate surface area is 151 Å². The van der Waals surface area contributed by atoms with Crippen molar-refractivity contribution in [2.24, 2.45) is 7.05 Å². The molecule has 1 aromatic heterocycles. The first kappa shape index (κ1) is 16.8. The number of nitrogens with one attached hydrogen (secondary N) is 1. The molecular weight excluding hydrogens is 362 g/mol. The van der Waals surface area contributed by atoms with Gasteiger partial charge in [-0.3, -0.25) is 0 Å². The van der Waals surface area contributed by atoms with Gasteiger partial charge in [0.1, 0.15) is 0 Å². The largest absolute Gasteiger partial charge is 0.352 e. The van der Waals surface area contributed by atoms with Crippen LogP contribution in [-0.2, 0) is 13.6 Å². The molecular formula is C20H22BrN3. The van der Waals surface area contributed by atoms with E-state index < -0.39 is 0 Å². The second-order valence-electron chi connectivity index (χ2n) is 6.28. The quantitative estimate of drug-likeness (QED) is 0.622. The fourth-order valence-electron chi connectivity index (χ4n) is 2.66. The molecule has 4 heteroatoms. The predicted octanol–water partition coefficient (Wildman–Crippen LogP) is 5.59. The van der Waals surface area contributed by atoms with Gasteiger partial charge in [0.2, 0.25) is 5.95 Å². The lowest BCUT2D eigenvalue weighted by Gasteiger charge is -2.10. The van der Waals surface area contributed by atoms with E-state index in [4.69, 9.17) is 0 Å². The number of benzene rings is 2. The molecule has 2 aromatic carbocycles. The molecule has 3 rings (SSSR count). The third-order valence-corrected chi connectivity index (χ3v) is 4.75. The molecule has 1 heterocycles. The Kier molecular flexibility index (Phi) is 5.05. The number of anilines is 1. The zero-order valence-electron chi connectivity index (χ0n) is 14.3. The van der Waals surface area contributed by atoms with Gasteiger partial charge in [0.25, 0.3) is 0 Å². The van der Waals surface area contributed by atoms with Crippen LogP contribution in [0.4, 0.5) is 5.95 Å². The van der Waals surface area contributed by atoms with E-state index >= 15 is 0 Å². The van der Waals surface area contributed by atoms with E-state index in [2.05, 4.69) is 81.0 Å². The second kappa shape index (κ2) is 7.22. The Morgan fingerprint density at radius 3 is 2.33 bits per heavy atom. The van der Waals surface area contributed by atoms with Gasteiger partial charge < -0.3 is 9.88 Å². The molecule has 1 N–H and O–H groups in total. The van der Waals surface area contributed by atoms with Crippen LogP contribution in [-0.4, -0.2) is 9.55 Å². The lowest BCUT2D eigenvalue weighted by atomic mass is 10.0. The summed E-state index contributed by atoms with van der Waals surface area (Å²) in [5, 5.41) is 3.42. The van der Waals surface area contributed by atoms with Gasteiger partial charge in [-0.25, -0.2) is 4.98 Å². The molecule has 0 radical (unpaired) electrons. The van der Waals surface area contributed by atoms with Gasteiger partial charge >= 0.3 is 0 Å². The van der Waals surface area contributed by atoms with Gasteiger partial charge in [0.05, 0.1) is 11.9 Å². The normalized spacial score (nSPS) is 11.0. The van der Waals surface area contributed by atoms with E-state index in [0.29, 0.717) is 5.92 Å². The molecule has 0 bridgehead atoms. The van der Waals surface area contributed by atoms with E-state index in [-0.39, 0.29) is 0 Å². The van der Waals surface area contributed by atoms with Gasteiger partial charge in [-0.15, -0.1) is 0 Å². The molecule has 3 aromatic rings. The van der Waals surface area contributed by atoms with Crippen molar-refractivity contribution in [2.45, 2.75) is 26.3 Å². The molecule has 0 aliphatic carbocycles. The molecule has 0 aliphatic heterocycles. The summed E-state index contributed by atoms with van der Waals surface area (Å²) in [6.45, 7) is 5.19. The number of hydrogen-bond donors (Lipinski definition) is 1. The van der Waals surface area contributed by atoms with Gasteiger partial charge in [0.15, 0.2) is 0 Å². The van der Waals surface area contributed by atoms with Crippen LogP contribution in [0.3, 0.4) is 0 Å². The highest BCUT2D eigenvalue weighted by molar-refractivity contribution is 9.10. The molecule has 0 amide bonds. The Hall–Kier alpha value is -2.07. The van der Waals surface area contributed by atoms with Crippen molar-refractivity contribution < 1.29 is 0 Å². The smallest absolute Gasteiger partial charge is 0.203 e. The molecule has 0 saturated carbocycles. The van der Waals surface area contributed by atoms with E-state index in [9.17, 15) is 0 Å². The maximum absolute atomic E-state index is 4.52. The summed E-state index contributed by atoms with van der Waals surface area (Å²) < 4.78 is 3.17.